The number of methoxy groups -OCH3 is 1. The van der Waals surface area contributed by atoms with Gasteiger partial charge in [-0.1, -0.05) is 30.3 Å². The van der Waals surface area contributed by atoms with E-state index in [9.17, 15) is 4.79 Å². The fourth-order valence-corrected chi connectivity index (χ4v) is 2.80. The quantitative estimate of drug-likeness (QED) is 0.813. The van der Waals surface area contributed by atoms with Gasteiger partial charge in [-0.3, -0.25) is 4.79 Å². The van der Waals surface area contributed by atoms with Crippen LogP contribution in [0, 0.1) is 0 Å². The first-order chi connectivity index (χ1) is 11.8. The van der Waals surface area contributed by atoms with Gasteiger partial charge >= 0.3 is 0 Å². The zero-order chi connectivity index (χ0) is 16.8. The van der Waals surface area contributed by atoms with Crippen LogP contribution < -0.4 is 9.47 Å². The van der Waals surface area contributed by atoms with Crippen LogP contribution in [0.25, 0.3) is 0 Å². The molecule has 24 heavy (non-hydrogen) atoms. The highest BCUT2D eigenvalue weighted by atomic mass is 16.5. The summed E-state index contributed by atoms with van der Waals surface area (Å²) in [7, 11) is 1.53. The van der Waals surface area contributed by atoms with E-state index in [0.717, 1.165) is 12.8 Å². The van der Waals surface area contributed by atoms with Gasteiger partial charge in [0.2, 0.25) is 5.91 Å². The van der Waals surface area contributed by atoms with Crippen LogP contribution in [0.2, 0.25) is 0 Å². The lowest BCUT2D eigenvalue weighted by molar-refractivity contribution is -0.130. The van der Waals surface area contributed by atoms with Gasteiger partial charge in [-0.25, -0.2) is 9.97 Å². The molecule has 1 aliphatic heterocycles. The van der Waals surface area contributed by atoms with E-state index < -0.39 is 0 Å². The molecular weight excluding hydrogens is 306 g/mol. The summed E-state index contributed by atoms with van der Waals surface area (Å²) in [6.07, 6.45) is 5.12. The van der Waals surface area contributed by atoms with Crippen molar-refractivity contribution in [2.75, 3.05) is 20.2 Å². The third-order valence-corrected chi connectivity index (χ3v) is 4.07. The third-order valence-electron chi connectivity index (χ3n) is 4.07. The Morgan fingerprint density at radius 2 is 1.96 bits per heavy atom. The SMILES string of the molecule is COc1nccnc1OC1CCN(C(=O)CCc2ccccc2)C1. The second-order valence-corrected chi connectivity index (χ2v) is 5.72. The molecular formula is C18H21N3O3. The van der Waals surface area contributed by atoms with Crippen LogP contribution in [-0.2, 0) is 11.2 Å². The highest BCUT2D eigenvalue weighted by Crippen LogP contribution is 2.24. The predicted octanol–water partition coefficient (Wildman–Crippen LogP) is 2.10. The normalized spacial score (nSPS) is 16.9. The van der Waals surface area contributed by atoms with Gasteiger partial charge in [0.1, 0.15) is 6.10 Å². The molecule has 1 amide bonds. The zero-order valence-electron chi connectivity index (χ0n) is 13.7. The minimum absolute atomic E-state index is 0.0729. The van der Waals surface area contributed by atoms with E-state index in [1.807, 2.05) is 35.2 Å². The van der Waals surface area contributed by atoms with Crippen LogP contribution >= 0.6 is 0 Å². The first kappa shape index (κ1) is 16.2. The van der Waals surface area contributed by atoms with Crippen molar-refractivity contribution in [1.82, 2.24) is 14.9 Å². The van der Waals surface area contributed by atoms with E-state index in [0.29, 0.717) is 31.3 Å². The Kier molecular flexibility index (Phi) is 5.25. The van der Waals surface area contributed by atoms with Crippen molar-refractivity contribution in [2.24, 2.45) is 0 Å². The van der Waals surface area contributed by atoms with Crippen molar-refractivity contribution >= 4 is 5.91 Å². The number of aromatic nitrogens is 2. The second kappa shape index (κ2) is 7.77. The maximum atomic E-state index is 12.4. The van der Waals surface area contributed by atoms with Crippen molar-refractivity contribution in [1.29, 1.82) is 0 Å². The van der Waals surface area contributed by atoms with Gasteiger partial charge in [-0.05, 0) is 12.0 Å². The van der Waals surface area contributed by atoms with Gasteiger partial charge < -0.3 is 14.4 Å². The average molecular weight is 327 g/mol. The fraction of sp³-hybridized carbons (Fsp3) is 0.389. The zero-order valence-corrected chi connectivity index (χ0v) is 13.7. The highest BCUT2D eigenvalue weighted by Gasteiger charge is 2.28. The second-order valence-electron chi connectivity index (χ2n) is 5.72. The Morgan fingerprint density at radius 3 is 2.71 bits per heavy atom. The molecule has 0 radical (unpaired) electrons. The van der Waals surface area contributed by atoms with Crippen LogP contribution in [-0.4, -0.2) is 47.1 Å². The number of amides is 1. The number of hydrogen-bond acceptors (Lipinski definition) is 5. The molecule has 0 aliphatic carbocycles. The summed E-state index contributed by atoms with van der Waals surface area (Å²) in [6.45, 7) is 1.29. The Labute approximate surface area is 141 Å². The lowest BCUT2D eigenvalue weighted by Crippen LogP contribution is -2.31. The van der Waals surface area contributed by atoms with Gasteiger partial charge in [0.05, 0.1) is 13.7 Å². The lowest BCUT2D eigenvalue weighted by Gasteiger charge is -2.17. The summed E-state index contributed by atoms with van der Waals surface area (Å²) in [4.78, 5) is 22.4. The molecule has 2 heterocycles. The molecule has 1 unspecified atom stereocenters. The molecule has 3 rings (SSSR count). The first-order valence-electron chi connectivity index (χ1n) is 8.09. The Morgan fingerprint density at radius 1 is 1.21 bits per heavy atom. The number of ether oxygens (including phenoxy) is 2. The number of carbonyl (C=O) groups excluding carboxylic acids is 1. The molecule has 0 bridgehead atoms. The van der Waals surface area contributed by atoms with Gasteiger partial charge in [-0.2, -0.15) is 0 Å². The van der Waals surface area contributed by atoms with E-state index in [1.165, 1.54) is 12.7 Å². The lowest BCUT2D eigenvalue weighted by atomic mass is 10.1. The van der Waals surface area contributed by atoms with Crippen LogP contribution in [0.3, 0.4) is 0 Å². The van der Waals surface area contributed by atoms with E-state index in [2.05, 4.69) is 9.97 Å². The first-order valence-corrected chi connectivity index (χ1v) is 8.09. The minimum atomic E-state index is -0.0729. The largest absolute Gasteiger partial charge is 0.477 e. The molecule has 6 heteroatoms. The van der Waals surface area contributed by atoms with E-state index >= 15 is 0 Å². The van der Waals surface area contributed by atoms with Crippen LogP contribution in [0.15, 0.2) is 42.7 Å². The standard InChI is InChI=1S/C18H21N3O3/c1-23-17-18(20-11-10-19-17)24-15-9-12-21(13-15)16(22)8-7-14-5-3-2-4-6-14/h2-6,10-11,15H,7-9,12-13H2,1H3. The van der Waals surface area contributed by atoms with Gasteiger partial charge in [0.15, 0.2) is 0 Å². The molecule has 126 valence electrons. The monoisotopic (exact) mass is 327 g/mol. The van der Waals surface area contributed by atoms with Crippen molar-refractivity contribution in [2.45, 2.75) is 25.4 Å². The number of rotatable bonds is 6. The van der Waals surface area contributed by atoms with Gasteiger partial charge in [0.25, 0.3) is 11.8 Å². The van der Waals surface area contributed by atoms with Gasteiger partial charge in [-0.15, -0.1) is 0 Å². The topological polar surface area (TPSA) is 64.6 Å². The molecule has 1 fully saturated rings. The number of likely N-dealkylation sites (tertiary alicyclic amines) is 1. The fourth-order valence-electron chi connectivity index (χ4n) is 2.80. The number of aryl methyl sites for hydroxylation is 1. The van der Waals surface area contributed by atoms with E-state index in [-0.39, 0.29) is 12.0 Å². The molecule has 1 aromatic carbocycles. The van der Waals surface area contributed by atoms with E-state index in [1.54, 1.807) is 12.4 Å². The van der Waals surface area contributed by atoms with Crippen LogP contribution in [0.5, 0.6) is 11.8 Å². The maximum Gasteiger partial charge on any atom is 0.278 e. The summed E-state index contributed by atoms with van der Waals surface area (Å²) >= 11 is 0. The summed E-state index contributed by atoms with van der Waals surface area (Å²) in [6, 6.07) is 10.1. The molecule has 0 saturated carbocycles. The van der Waals surface area contributed by atoms with Crippen molar-refractivity contribution in [3.05, 3.63) is 48.3 Å². The number of carbonyl (C=O) groups is 1. The number of nitrogens with zero attached hydrogens (tertiary/aromatic N) is 3. The minimum Gasteiger partial charge on any atom is -0.477 e. The summed E-state index contributed by atoms with van der Waals surface area (Å²) in [5.74, 6) is 0.908. The molecule has 0 spiro atoms. The maximum absolute atomic E-state index is 12.4. The average Bonchev–Trinajstić information content (AvgIpc) is 3.10. The molecule has 2 aromatic rings. The van der Waals surface area contributed by atoms with Gasteiger partial charge in [0, 0.05) is 31.8 Å². The summed E-state index contributed by atoms with van der Waals surface area (Å²) < 4.78 is 11.0. The summed E-state index contributed by atoms with van der Waals surface area (Å²) in [5.41, 5.74) is 1.18. The molecule has 1 atom stereocenters. The highest BCUT2D eigenvalue weighted by molar-refractivity contribution is 5.76. The summed E-state index contributed by atoms with van der Waals surface area (Å²) in [5, 5.41) is 0. The molecule has 1 aliphatic rings. The van der Waals surface area contributed by atoms with Crippen molar-refractivity contribution in [3.63, 3.8) is 0 Å². The smallest absolute Gasteiger partial charge is 0.278 e. The van der Waals surface area contributed by atoms with Crippen LogP contribution in [0.4, 0.5) is 0 Å². The van der Waals surface area contributed by atoms with Crippen molar-refractivity contribution in [3.8, 4) is 11.8 Å². The Bertz CT molecular complexity index is 678. The Balaban J connectivity index is 1.50. The number of hydrogen-bond donors (Lipinski definition) is 0. The third kappa shape index (κ3) is 4.01. The predicted molar refractivity (Wildman–Crippen MR) is 89.0 cm³/mol. The molecule has 1 saturated heterocycles. The molecule has 1 aromatic heterocycles. The molecule has 6 nitrogen and oxygen atoms in total. The van der Waals surface area contributed by atoms with E-state index in [4.69, 9.17) is 9.47 Å². The van der Waals surface area contributed by atoms with Crippen molar-refractivity contribution < 1.29 is 14.3 Å². The molecule has 0 N–H and O–H groups in total. The van der Waals surface area contributed by atoms with Crippen LogP contribution in [0.1, 0.15) is 18.4 Å². The Hall–Kier alpha value is -2.63. The number of benzene rings is 1.